The molecule has 0 radical (unpaired) electrons. The molecule has 0 aliphatic carbocycles. The highest BCUT2D eigenvalue weighted by atomic mass is 16.1. The monoisotopic (exact) mass is 296 g/mol. The number of hydrogen-bond acceptors (Lipinski definition) is 4. The zero-order valence-corrected chi connectivity index (χ0v) is 12.5. The van der Waals surface area contributed by atoms with E-state index in [1.165, 1.54) is 5.56 Å². The molecule has 22 heavy (non-hydrogen) atoms. The topological polar surface area (TPSA) is 66.9 Å². The van der Waals surface area contributed by atoms with Crippen LogP contribution in [0.3, 0.4) is 0 Å². The summed E-state index contributed by atoms with van der Waals surface area (Å²) in [5.74, 6) is 1.02. The van der Waals surface area contributed by atoms with Crippen LogP contribution in [0.25, 0.3) is 0 Å². The van der Waals surface area contributed by atoms with Crippen molar-refractivity contribution in [3.05, 3.63) is 53.7 Å². The van der Waals surface area contributed by atoms with Crippen molar-refractivity contribution in [1.29, 1.82) is 0 Å². The first-order valence-electron chi connectivity index (χ1n) is 7.68. The fraction of sp³-hybridized carbons (Fsp3) is 0.353. The van der Waals surface area contributed by atoms with Crippen LogP contribution in [0.15, 0.2) is 42.6 Å². The summed E-state index contributed by atoms with van der Waals surface area (Å²) in [6.07, 6.45) is 4.26. The average Bonchev–Trinajstić information content (AvgIpc) is 2.57. The number of hydrogen-bond donors (Lipinski definition) is 2. The van der Waals surface area contributed by atoms with Crippen LogP contribution in [0.2, 0.25) is 0 Å². The number of nitrogens with one attached hydrogen (secondary N) is 2. The van der Waals surface area contributed by atoms with Crippen molar-refractivity contribution in [3.63, 3.8) is 0 Å². The number of rotatable bonds is 4. The Balaban J connectivity index is 1.63. The number of nitrogens with zero attached hydrogens (tertiary/aromatic N) is 2. The molecule has 0 atom stereocenters. The third kappa shape index (κ3) is 3.89. The van der Waals surface area contributed by atoms with Gasteiger partial charge in [0, 0.05) is 6.20 Å². The normalized spacial score (nSPS) is 15.5. The van der Waals surface area contributed by atoms with Gasteiger partial charge in [0.05, 0.1) is 6.42 Å². The largest absolute Gasteiger partial charge is 0.317 e. The molecule has 1 amide bonds. The fourth-order valence-electron chi connectivity index (χ4n) is 2.85. The Bertz CT molecular complexity index is 624. The van der Waals surface area contributed by atoms with Crippen molar-refractivity contribution in [2.45, 2.75) is 25.2 Å². The maximum Gasteiger partial charge on any atom is 0.229 e. The molecular weight excluding hydrogens is 276 g/mol. The predicted octanol–water partition coefficient (Wildman–Crippen LogP) is 2.12. The highest BCUT2D eigenvalue weighted by Crippen LogP contribution is 2.25. The lowest BCUT2D eigenvalue weighted by Crippen LogP contribution is -2.26. The Morgan fingerprint density at radius 2 is 2.09 bits per heavy atom. The number of carbonyl (C=O) groups is 1. The van der Waals surface area contributed by atoms with Crippen molar-refractivity contribution in [2.75, 3.05) is 18.4 Å². The first kappa shape index (κ1) is 14.7. The van der Waals surface area contributed by atoms with E-state index in [-0.39, 0.29) is 5.91 Å². The lowest BCUT2D eigenvalue weighted by atomic mass is 9.89. The number of aromatic nitrogens is 2. The second-order valence-electron chi connectivity index (χ2n) is 5.60. The molecule has 2 N–H and O–H groups in total. The molecule has 114 valence electrons. The number of piperidine rings is 1. The van der Waals surface area contributed by atoms with Gasteiger partial charge in [-0.2, -0.15) is 5.10 Å². The molecule has 1 fully saturated rings. The number of anilines is 1. The van der Waals surface area contributed by atoms with Gasteiger partial charge in [0.2, 0.25) is 5.91 Å². The van der Waals surface area contributed by atoms with Gasteiger partial charge < -0.3 is 10.6 Å². The quantitative estimate of drug-likeness (QED) is 0.907. The molecule has 1 aromatic carbocycles. The minimum atomic E-state index is -0.0667. The van der Waals surface area contributed by atoms with E-state index in [4.69, 9.17) is 0 Å². The average molecular weight is 296 g/mol. The van der Waals surface area contributed by atoms with Gasteiger partial charge in [-0.1, -0.05) is 24.3 Å². The summed E-state index contributed by atoms with van der Waals surface area (Å²) >= 11 is 0. The van der Waals surface area contributed by atoms with Crippen LogP contribution in [-0.2, 0) is 11.2 Å². The van der Waals surface area contributed by atoms with Gasteiger partial charge in [-0.25, -0.2) is 0 Å². The van der Waals surface area contributed by atoms with Crippen LogP contribution in [-0.4, -0.2) is 29.2 Å². The van der Waals surface area contributed by atoms with E-state index in [9.17, 15) is 4.79 Å². The third-order valence-electron chi connectivity index (χ3n) is 3.97. The molecule has 0 unspecified atom stereocenters. The Morgan fingerprint density at radius 3 is 2.86 bits per heavy atom. The molecule has 1 aromatic heterocycles. The van der Waals surface area contributed by atoms with Crippen LogP contribution in [0.4, 0.5) is 5.82 Å². The predicted molar refractivity (Wildman–Crippen MR) is 85.7 cm³/mol. The first-order valence-corrected chi connectivity index (χ1v) is 7.68. The van der Waals surface area contributed by atoms with Gasteiger partial charge in [-0.3, -0.25) is 4.79 Å². The number of benzene rings is 1. The second kappa shape index (κ2) is 7.13. The Hall–Kier alpha value is -2.27. The van der Waals surface area contributed by atoms with E-state index in [1.54, 1.807) is 18.3 Å². The molecule has 0 saturated carbocycles. The highest BCUT2D eigenvalue weighted by Gasteiger charge is 2.15. The molecule has 5 nitrogen and oxygen atoms in total. The van der Waals surface area contributed by atoms with Crippen molar-refractivity contribution in [3.8, 4) is 0 Å². The minimum absolute atomic E-state index is 0.0667. The van der Waals surface area contributed by atoms with Gasteiger partial charge >= 0.3 is 0 Å². The fourth-order valence-corrected chi connectivity index (χ4v) is 2.85. The van der Waals surface area contributed by atoms with Gasteiger partial charge in [-0.05, 0) is 55.1 Å². The molecular formula is C17H20N4O. The molecule has 3 rings (SSSR count). The second-order valence-corrected chi connectivity index (χ2v) is 5.60. The molecule has 0 spiro atoms. The highest BCUT2D eigenvalue weighted by molar-refractivity contribution is 5.91. The van der Waals surface area contributed by atoms with Crippen molar-refractivity contribution in [2.24, 2.45) is 0 Å². The van der Waals surface area contributed by atoms with Crippen molar-refractivity contribution >= 4 is 11.7 Å². The zero-order chi connectivity index (χ0) is 15.2. The first-order chi connectivity index (χ1) is 10.8. The number of amides is 1. The van der Waals surface area contributed by atoms with Crippen LogP contribution in [0.5, 0.6) is 0 Å². The third-order valence-corrected chi connectivity index (χ3v) is 3.97. The van der Waals surface area contributed by atoms with Crippen LogP contribution in [0, 0.1) is 0 Å². The van der Waals surface area contributed by atoms with E-state index < -0.39 is 0 Å². The van der Waals surface area contributed by atoms with E-state index in [1.807, 2.05) is 12.1 Å². The summed E-state index contributed by atoms with van der Waals surface area (Å²) in [7, 11) is 0. The van der Waals surface area contributed by atoms with Gasteiger partial charge in [0.15, 0.2) is 5.82 Å². The SMILES string of the molecule is O=C(Cc1cccc(C2CCNCC2)c1)Nc1cccnn1. The van der Waals surface area contributed by atoms with Gasteiger partial charge in [0.25, 0.3) is 0 Å². The Morgan fingerprint density at radius 1 is 1.23 bits per heavy atom. The van der Waals surface area contributed by atoms with E-state index in [2.05, 4.69) is 33.0 Å². The van der Waals surface area contributed by atoms with Gasteiger partial charge in [-0.15, -0.1) is 5.10 Å². The molecule has 0 bridgehead atoms. The minimum Gasteiger partial charge on any atom is -0.317 e. The summed E-state index contributed by atoms with van der Waals surface area (Å²) in [5.41, 5.74) is 2.38. The summed E-state index contributed by atoms with van der Waals surface area (Å²) in [6, 6.07) is 11.9. The Kier molecular flexibility index (Phi) is 4.75. The van der Waals surface area contributed by atoms with Crippen LogP contribution in [0.1, 0.15) is 29.9 Å². The molecule has 5 heteroatoms. The van der Waals surface area contributed by atoms with E-state index in [0.717, 1.165) is 31.5 Å². The van der Waals surface area contributed by atoms with Crippen LogP contribution < -0.4 is 10.6 Å². The van der Waals surface area contributed by atoms with Crippen molar-refractivity contribution in [1.82, 2.24) is 15.5 Å². The lowest BCUT2D eigenvalue weighted by Gasteiger charge is -2.23. The molecule has 1 saturated heterocycles. The molecule has 2 heterocycles. The summed E-state index contributed by atoms with van der Waals surface area (Å²) in [6.45, 7) is 2.14. The lowest BCUT2D eigenvalue weighted by molar-refractivity contribution is -0.115. The van der Waals surface area contributed by atoms with E-state index in [0.29, 0.717) is 18.2 Å². The van der Waals surface area contributed by atoms with Crippen molar-refractivity contribution < 1.29 is 4.79 Å². The Labute approximate surface area is 130 Å². The summed E-state index contributed by atoms with van der Waals surface area (Å²) in [4.78, 5) is 12.1. The smallest absolute Gasteiger partial charge is 0.229 e. The summed E-state index contributed by atoms with van der Waals surface area (Å²) in [5, 5.41) is 13.8. The zero-order valence-electron chi connectivity index (χ0n) is 12.5. The number of carbonyl (C=O) groups excluding carboxylic acids is 1. The molecule has 2 aromatic rings. The van der Waals surface area contributed by atoms with Gasteiger partial charge in [0.1, 0.15) is 0 Å². The standard InChI is InChI=1S/C17H20N4O/c22-17(20-16-5-2-8-19-21-16)12-13-3-1-4-15(11-13)14-6-9-18-10-7-14/h1-5,8,11,14,18H,6-7,9-10,12H2,(H,20,21,22). The maximum atomic E-state index is 12.1. The van der Waals surface area contributed by atoms with E-state index >= 15 is 0 Å². The summed E-state index contributed by atoms with van der Waals surface area (Å²) < 4.78 is 0. The molecule has 1 aliphatic rings. The van der Waals surface area contributed by atoms with Crippen LogP contribution >= 0.6 is 0 Å². The maximum absolute atomic E-state index is 12.1. The molecule has 1 aliphatic heterocycles.